The van der Waals surface area contributed by atoms with E-state index < -0.39 is 17.8 Å². The Morgan fingerprint density at radius 1 is 1.44 bits per heavy atom. The third kappa shape index (κ3) is 4.81. The number of hydrogen-bond acceptors (Lipinski definition) is 3. The zero-order valence-electron chi connectivity index (χ0n) is 10.7. The van der Waals surface area contributed by atoms with Crippen molar-refractivity contribution in [1.82, 2.24) is 10.6 Å². The average molecular weight is 254 g/mol. The molecule has 18 heavy (non-hydrogen) atoms. The van der Waals surface area contributed by atoms with E-state index in [-0.39, 0.29) is 5.56 Å². The monoisotopic (exact) mass is 254 g/mol. The fourth-order valence-corrected chi connectivity index (χ4v) is 1.47. The van der Waals surface area contributed by atoms with E-state index in [4.69, 9.17) is 5.11 Å². The molecule has 100 valence electrons. The van der Waals surface area contributed by atoms with Crippen LogP contribution in [-0.2, 0) is 0 Å². The summed E-state index contributed by atoms with van der Waals surface area (Å²) in [7, 11) is 0. The average Bonchev–Trinajstić information content (AvgIpc) is 2.27. The number of amides is 1. The first-order valence-electron chi connectivity index (χ1n) is 5.94. The minimum absolute atomic E-state index is 0.0520. The van der Waals surface area contributed by atoms with Gasteiger partial charge in [-0.3, -0.25) is 4.79 Å². The van der Waals surface area contributed by atoms with Crippen LogP contribution in [0.2, 0.25) is 0 Å². The van der Waals surface area contributed by atoms with E-state index in [0.717, 1.165) is 5.56 Å². The molecule has 0 aromatic heterocycles. The number of rotatable bonds is 6. The van der Waals surface area contributed by atoms with Crippen LogP contribution in [0.4, 0.5) is 4.39 Å². The van der Waals surface area contributed by atoms with Crippen molar-refractivity contribution in [1.29, 1.82) is 0 Å². The SMILES string of the molecule is Cc1ccc(C(=O)NCCNCC(C)O)c(F)c1. The van der Waals surface area contributed by atoms with E-state index in [1.165, 1.54) is 12.1 Å². The van der Waals surface area contributed by atoms with Gasteiger partial charge in [0.25, 0.3) is 5.91 Å². The quantitative estimate of drug-likeness (QED) is 0.659. The Morgan fingerprint density at radius 2 is 2.17 bits per heavy atom. The number of aliphatic hydroxyl groups is 1. The molecule has 0 aliphatic heterocycles. The Bertz CT molecular complexity index is 408. The molecule has 0 spiro atoms. The Morgan fingerprint density at radius 3 is 2.78 bits per heavy atom. The third-order valence-electron chi connectivity index (χ3n) is 2.40. The van der Waals surface area contributed by atoms with Gasteiger partial charge in [-0.1, -0.05) is 6.07 Å². The second-order valence-corrected chi connectivity index (χ2v) is 4.29. The summed E-state index contributed by atoms with van der Waals surface area (Å²) in [6, 6.07) is 4.51. The van der Waals surface area contributed by atoms with Crippen molar-refractivity contribution in [2.45, 2.75) is 20.0 Å². The van der Waals surface area contributed by atoms with Crippen LogP contribution in [0.15, 0.2) is 18.2 Å². The largest absolute Gasteiger partial charge is 0.392 e. The first kappa shape index (κ1) is 14.6. The van der Waals surface area contributed by atoms with Crippen LogP contribution in [0.3, 0.4) is 0 Å². The second kappa shape index (κ2) is 7.08. The lowest BCUT2D eigenvalue weighted by Crippen LogP contribution is -2.34. The smallest absolute Gasteiger partial charge is 0.254 e. The molecule has 4 nitrogen and oxygen atoms in total. The number of hydrogen-bond donors (Lipinski definition) is 3. The second-order valence-electron chi connectivity index (χ2n) is 4.29. The predicted octanol–water partition coefficient (Wildman–Crippen LogP) is 0.834. The Kier molecular flexibility index (Phi) is 5.74. The van der Waals surface area contributed by atoms with Crippen molar-refractivity contribution in [3.63, 3.8) is 0 Å². The fraction of sp³-hybridized carbons (Fsp3) is 0.462. The molecule has 0 aliphatic rings. The molecule has 1 atom stereocenters. The topological polar surface area (TPSA) is 61.4 Å². The first-order chi connectivity index (χ1) is 8.50. The van der Waals surface area contributed by atoms with E-state index in [0.29, 0.717) is 19.6 Å². The zero-order valence-corrected chi connectivity index (χ0v) is 10.7. The maximum absolute atomic E-state index is 13.5. The summed E-state index contributed by atoms with van der Waals surface area (Å²) in [6.45, 7) is 4.83. The number of carbonyl (C=O) groups is 1. The lowest BCUT2D eigenvalue weighted by Gasteiger charge is -2.09. The van der Waals surface area contributed by atoms with Crippen LogP contribution >= 0.6 is 0 Å². The Labute approximate surface area is 106 Å². The van der Waals surface area contributed by atoms with Crippen LogP contribution in [-0.4, -0.2) is 36.8 Å². The van der Waals surface area contributed by atoms with Gasteiger partial charge in [-0.2, -0.15) is 0 Å². The summed E-state index contributed by atoms with van der Waals surface area (Å²) >= 11 is 0. The van der Waals surface area contributed by atoms with E-state index in [1.54, 1.807) is 19.9 Å². The number of halogens is 1. The molecule has 3 N–H and O–H groups in total. The van der Waals surface area contributed by atoms with Crippen molar-refractivity contribution in [3.05, 3.63) is 35.1 Å². The van der Waals surface area contributed by atoms with Crippen LogP contribution in [0.25, 0.3) is 0 Å². The summed E-state index contributed by atoms with van der Waals surface area (Å²) in [4.78, 5) is 11.6. The first-order valence-corrected chi connectivity index (χ1v) is 5.94. The maximum Gasteiger partial charge on any atom is 0.254 e. The fourth-order valence-electron chi connectivity index (χ4n) is 1.47. The minimum Gasteiger partial charge on any atom is -0.392 e. The lowest BCUT2D eigenvalue weighted by molar-refractivity contribution is 0.0949. The Balaban J connectivity index is 2.36. The van der Waals surface area contributed by atoms with Gasteiger partial charge in [0.15, 0.2) is 0 Å². The molecule has 1 aromatic rings. The minimum atomic E-state index is -0.510. The summed E-state index contributed by atoms with van der Waals surface area (Å²) in [5.74, 6) is -0.934. The van der Waals surface area contributed by atoms with E-state index in [9.17, 15) is 9.18 Å². The van der Waals surface area contributed by atoms with Crippen LogP contribution in [0.1, 0.15) is 22.8 Å². The number of aliphatic hydroxyl groups excluding tert-OH is 1. The standard InChI is InChI=1S/C13H19FN2O2/c1-9-3-4-11(12(14)7-9)13(18)16-6-5-15-8-10(2)17/h3-4,7,10,15,17H,5-6,8H2,1-2H3,(H,16,18). The molecule has 0 fully saturated rings. The van der Waals surface area contributed by atoms with Gasteiger partial charge in [-0.05, 0) is 31.5 Å². The molecule has 1 amide bonds. The molecule has 1 unspecified atom stereocenters. The van der Waals surface area contributed by atoms with Crippen molar-refractivity contribution in [3.8, 4) is 0 Å². The van der Waals surface area contributed by atoms with E-state index in [1.807, 2.05) is 0 Å². The normalized spacial score (nSPS) is 12.2. The molecule has 5 heteroatoms. The highest BCUT2D eigenvalue weighted by atomic mass is 19.1. The van der Waals surface area contributed by atoms with Gasteiger partial charge in [0.2, 0.25) is 0 Å². The molecular formula is C13H19FN2O2. The van der Waals surface area contributed by atoms with E-state index in [2.05, 4.69) is 10.6 Å². The number of benzene rings is 1. The maximum atomic E-state index is 13.5. The van der Waals surface area contributed by atoms with Gasteiger partial charge in [0.05, 0.1) is 11.7 Å². The number of aryl methyl sites for hydroxylation is 1. The predicted molar refractivity (Wildman–Crippen MR) is 68.0 cm³/mol. The summed E-state index contributed by atoms with van der Waals surface area (Å²) in [6.07, 6.45) is -0.421. The van der Waals surface area contributed by atoms with Gasteiger partial charge in [0, 0.05) is 19.6 Å². The van der Waals surface area contributed by atoms with Crippen molar-refractivity contribution in [2.24, 2.45) is 0 Å². The lowest BCUT2D eigenvalue weighted by atomic mass is 10.1. The van der Waals surface area contributed by atoms with Gasteiger partial charge in [-0.15, -0.1) is 0 Å². The summed E-state index contributed by atoms with van der Waals surface area (Å²) < 4.78 is 13.5. The molecule has 0 saturated heterocycles. The summed E-state index contributed by atoms with van der Waals surface area (Å²) in [5.41, 5.74) is 0.832. The molecular weight excluding hydrogens is 235 g/mol. The van der Waals surface area contributed by atoms with Gasteiger partial charge >= 0.3 is 0 Å². The van der Waals surface area contributed by atoms with Gasteiger partial charge in [0.1, 0.15) is 5.82 Å². The number of carbonyl (C=O) groups excluding carboxylic acids is 1. The van der Waals surface area contributed by atoms with Gasteiger partial charge < -0.3 is 15.7 Å². The highest BCUT2D eigenvalue weighted by Gasteiger charge is 2.10. The number of nitrogens with one attached hydrogen (secondary N) is 2. The zero-order chi connectivity index (χ0) is 13.5. The molecule has 0 aliphatic carbocycles. The Hall–Kier alpha value is -1.46. The van der Waals surface area contributed by atoms with E-state index >= 15 is 0 Å². The molecule has 1 aromatic carbocycles. The van der Waals surface area contributed by atoms with Gasteiger partial charge in [-0.25, -0.2) is 4.39 Å². The highest BCUT2D eigenvalue weighted by Crippen LogP contribution is 2.09. The molecule has 0 radical (unpaired) electrons. The van der Waals surface area contributed by atoms with Crippen LogP contribution in [0, 0.1) is 12.7 Å². The molecule has 0 saturated carbocycles. The summed E-state index contributed by atoms with van der Waals surface area (Å²) in [5, 5.41) is 14.6. The molecule has 0 heterocycles. The molecule has 1 rings (SSSR count). The molecule has 0 bridgehead atoms. The van der Waals surface area contributed by atoms with Crippen molar-refractivity contribution >= 4 is 5.91 Å². The van der Waals surface area contributed by atoms with Crippen molar-refractivity contribution < 1.29 is 14.3 Å². The third-order valence-corrected chi connectivity index (χ3v) is 2.40. The highest BCUT2D eigenvalue weighted by molar-refractivity contribution is 5.94. The van der Waals surface area contributed by atoms with Crippen molar-refractivity contribution in [2.75, 3.05) is 19.6 Å². The van der Waals surface area contributed by atoms with Crippen LogP contribution < -0.4 is 10.6 Å². The van der Waals surface area contributed by atoms with Crippen LogP contribution in [0.5, 0.6) is 0 Å².